The molecule has 1 aromatic carbocycles. The van der Waals surface area contributed by atoms with Gasteiger partial charge in [-0.05, 0) is 24.1 Å². The lowest BCUT2D eigenvalue weighted by molar-refractivity contribution is 0.181. The zero-order valence-corrected chi connectivity index (χ0v) is 15.1. The second-order valence-corrected chi connectivity index (χ2v) is 10.9. The molecule has 24 heavy (non-hydrogen) atoms. The van der Waals surface area contributed by atoms with E-state index in [1.165, 1.54) is 4.31 Å². The molecule has 1 aromatic rings. The molecule has 134 valence electrons. The molecule has 1 unspecified atom stereocenters. The predicted molar refractivity (Wildman–Crippen MR) is 93.7 cm³/mol. The van der Waals surface area contributed by atoms with Crippen LogP contribution in [0.15, 0.2) is 24.3 Å². The molecular weight excluding hydrogens is 350 g/mol. The Morgan fingerprint density at radius 1 is 1.17 bits per heavy atom. The molecule has 2 aliphatic rings. The molecule has 0 spiro atoms. The third kappa shape index (κ3) is 3.90. The van der Waals surface area contributed by atoms with Crippen molar-refractivity contribution in [2.75, 3.05) is 43.4 Å². The average Bonchev–Trinajstić information content (AvgIpc) is 2.89. The molecule has 2 heterocycles. The maximum Gasteiger partial charge on any atom is 0.218 e. The fourth-order valence-electron chi connectivity index (χ4n) is 3.30. The minimum Gasteiger partial charge on any atom is -0.399 e. The smallest absolute Gasteiger partial charge is 0.218 e. The molecule has 0 aliphatic carbocycles. The van der Waals surface area contributed by atoms with Gasteiger partial charge < -0.3 is 5.73 Å². The summed E-state index contributed by atoms with van der Waals surface area (Å²) in [5.74, 6) is -0.259. The van der Waals surface area contributed by atoms with Crippen LogP contribution in [0, 0.1) is 0 Å². The van der Waals surface area contributed by atoms with Crippen molar-refractivity contribution in [3.05, 3.63) is 29.8 Å². The van der Waals surface area contributed by atoms with Gasteiger partial charge in [0.05, 0.1) is 16.8 Å². The molecule has 0 amide bonds. The van der Waals surface area contributed by atoms with Crippen LogP contribution in [0.5, 0.6) is 0 Å². The summed E-state index contributed by atoms with van der Waals surface area (Å²) in [4.78, 5) is 2.19. The molecule has 2 saturated heterocycles. The first-order chi connectivity index (χ1) is 11.3. The Bertz CT molecular complexity index is 800. The number of anilines is 1. The van der Waals surface area contributed by atoms with E-state index in [2.05, 4.69) is 4.90 Å². The monoisotopic (exact) mass is 373 g/mol. The van der Waals surface area contributed by atoms with Gasteiger partial charge in [-0.3, -0.25) is 4.90 Å². The third-order valence-corrected chi connectivity index (χ3v) is 8.97. The molecule has 2 aliphatic heterocycles. The average molecular weight is 374 g/mol. The molecule has 0 bridgehead atoms. The minimum absolute atomic E-state index is 0.0215. The third-order valence-electron chi connectivity index (χ3n) is 4.66. The first-order valence-electron chi connectivity index (χ1n) is 8.02. The summed E-state index contributed by atoms with van der Waals surface area (Å²) in [6.07, 6.45) is 0.216. The number of piperazine rings is 1. The van der Waals surface area contributed by atoms with Gasteiger partial charge in [0, 0.05) is 38.4 Å². The van der Waals surface area contributed by atoms with Crippen LogP contribution in [-0.4, -0.2) is 69.0 Å². The quantitative estimate of drug-likeness (QED) is 0.740. The van der Waals surface area contributed by atoms with Crippen LogP contribution in [0.1, 0.15) is 12.0 Å². The summed E-state index contributed by atoms with van der Waals surface area (Å²) >= 11 is 0. The van der Waals surface area contributed by atoms with Crippen LogP contribution in [-0.2, 0) is 26.4 Å². The van der Waals surface area contributed by atoms with Gasteiger partial charge in [-0.1, -0.05) is 12.1 Å². The van der Waals surface area contributed by atoms with E-state index in [0.717, 1.165) is 17.8 Å². The fraction of sp³-hybridized carbons (Fsp3) is 0.600. The van der Waals surface area contributed by atoms with Crippen LogP contribution >= 0.6 is 0 Å². The lowest BCUT2D eigenvalue weighted by Crippen LogP contribution is -2.50. The van der Waals surface area contributed by atoms with Gasteiger partial charge >= 0.3 is 0 Å². The van der Waals surface area contributed by atoms with Crippen molar-refractivity contribution >= 4 is 25.5 Å². The number of sulfonamides is 1. The molecule has 0 saturated carbocycles. The van der Waals surface area contributed by atoms with Crippen molar-refractivity contribution in [3.63, 3.8) is 0 Å². The zero-order valence-electron chi connectivity index (χ0n) is 13.5. The van der Waals surface area contributed by atoms with Crippen molar-refractivity contribution in [2.45, 2.75) is 18.2 Å². The largest absolute Gasteiger partial charge is 0.399 e. The molecule has 0 radical (unpaired) electrons. The number of benzene rings is 1. The summed E-state index contributed by atoms with van der Waals surface area (Å²) in [6.45, 7) is 2.81. The Morgan fingerprint density at radius 2 is 1.88 bits per heavy atom. The van der Waals surface area contributed by atoms with E-state index in [4.69, 9.17) is 5.73 Å². The summed E-state index contributed by atoms with van der Waals surface area (Å²) in [7, 11) is -6.73. The zero-order chi connectivity index (χ0) is 17.4. The van der Waals surface area contributed by atoms with Crippen molar-refractivity contribution in [1.82, 2.24) is 9.21 Å². The second-order valence-electron chi connectivity index (χ2n) is 6.49. The predicted octanol–water partition coefficient (Wildman–Crippen LogP) is -0.0967. The Kier molecular flexibility index (Phi) is 4.87. The maximum atomic E-state index is 12.6. The lowest BCUT2D eigenvalue weighted by Gasteiger charge is -2.35. The summed E-state index contributed by atoms with van der Waals surface area (Å²) in [5.41, 5.74) is 7.60. The lowest BCUT2D eigenvalue weighted by atomic mass is 10.2. The number of nitrogen functional groups attached to an aromatic ring is 1. The molecule has 2 N–H and O–H groups in total. The molecule has 1 atom stereocenters. The number of nitrogens with zero attached hydrogens (tertiary/aromatic N) is 2. The van der Waals surface area contributed by atoms with Gasteiger partial charge in [0.25, 0.3) is 0 Å². The van der Waals surface area contributed by atoms with E-state index >= 15 is 0 Å². The molecule has 3 rings (SSSR count). The fourth-order valence-corrected chi connectivity index (χ4v) is 7.81. The van der Waals surface area contributed by atoms with E-state index in [9.17, 15) is 16.8 Å². The first kappa shape index (κ1) is 17.7. The van der Waals surface area contributed by atoms with E-state index in [0.29, 0.717) is 26.2 Å². The molecular formula is C15H23N3O4S2. The van der Waals surface area contributed by atoms with Crippen LogP contribution in [0.25, 0.3) is 0 Å². The van der Waals surface area contributed by atoms with Gasteiger partial charge in [-0.15, -0.1) is 0 Å². The van der Waals surface area contributed by atoms with Crippen LogP contribution in [0.2, 0.25) is 0 Å². The summed E-state index contributed by atoms with van der Waals surface area (Å²) in [6, 6.07) is 7.67. The van der Waals surface area contributed by atoms with E-state index in [1.807, 2.05) is 24.3 Å². The molecule has 0 aromatic heterocycles. The molecule has 9 heteroatoms. The van der Waals surface area contributed by atoms with Gasteiger partial charge in [0.2, 0.25) is 10.0 Å². The summed E-state index contributed by atoms with van der Waals surface area (Å²) in [5, 5.41) is -0.775. The van der Waals surface area contributed by atoms with Crippen LogP contribution < -0.4 is 5.73 Å². The van der Waals surface area contributed by atoms with E-state index in [1.54, 1.807) is 0 Å². The number of nitrogens with two attached hydrogens (primary N) is 1. The van der Waals surface area contributed by atoms with Crippen LogP contribution in [0.4, 0.5) is 5.69 Å². The van der Waals surface area contributed by atoms with Crippen molar-refractivity contribution in [3.8, 4) is 0 Å². The van der Waals surface area contributed by atoms with Crippen LogP contribution in [0.3, 0.4) is 0 Å². The van der Waals surface area contributed by atoms with Gasteiger partial charge in [-0.25, -0.2) is 16.8 Å². The molecule has 7 nitrogen and oxygen atoms in total. The van der Waals surface area contributed by atoms with Crippen molar-refractivity contribution in [1.29, 1.82) is 0 Å². The topological polar surface area (TPSA) is 101 Å². The van der Waals surface area contributed by atoms with E-state index < -0.39 is 25.1 Å². The Hall–Kier alpha value is -1.16. The first-order valence-corrected chi connectivity index (χ1v) is 11.3. The standard InChI is InChI=1S/C15H23N3O4S2/c16-14-3-1-2-13(10-14)11-17-5-7-18(8-6-17)24(21,22)15-4-9-23(19,20)12-15/h1-3,10,15H,4-9,11-12,16H2. The van der Waals surface area contributed by atoms with Crippen molar-refractivity contribution in [2.24, 2.45) is 0 Å². The summed E-state index contributed by atoms with van der Waals surface area (Å²) < 4.78 is 49.8. The normalized spacial score (nSPS) is 25.8. The molecule has 2 fully saturated rings. The van der Waals surface area contributed by atoms with E-state index in [-0.39, 0.29) is 17.9 Å². The number of hydrogen-bond acceptors (Lipinski definition) is 6. The maximum absolute atomic E-state index is 12.6. The number of sulfone groups is 1. The number of rotatable bonds is 4. The van der Waals surface area contributed by atoms with Gasteiger partial charge in [-0.2, -0.15) is 4.31 Å². The highest BCUT2D eigenvalue weighted by atomic mass is 32.2. The second kappa shape index (κ2) is 6.62. The Morgan fingerprint density at radius 3 is 2.46 bits per heavy atom. The Balaban J connectivity index is 1.58. The van der Waals surface area contributed by atoms with Gasteiger partial charge in [0.1, 0.15) is 0 Å². The van der Waals surface area contributed by atoms with Crippen molar-refractivity contribution < 1.29 is 16.8 Å². The highest BCUT2D eigenvalue weighted by Crippen LogP contribution is 2.23. The highest BCUT2D eigenvalue weighted by Gasteiger charge is 2.41. The highest BCUT2D eigenvalue weighted by molar-refractivity contribution is 7.95. The SMILES string of the molecule is Nc1cccc(CN2CCN(S(=O)(=O)C3CCS(=O)(=O)C3)CC2)c1. The Labute approximate surface area is 143 Å². The van der Waals surface area contributed by atoms with Gasteiger partial charge in [0.15, 0.2) is 9.84 Å². The number of hydrogen-bond donors (Lipinski definition) is 1. The minimum atomic E-state index is -3.53.